The molecule has 0 bridgehead atoms. The van der Waals surface area contributed by atoms with Crippen LogP contribution in [0.2, 0.25) is 0 Å². The van der Waals surface area contributed by atoms with Crippen LogP contribution in [0.15, 0.2) is 35.2 Å². The van der Waals surface area contributed by atoms with Crippen LogP contribution in [0.1, 0.15) is 5.69 Å². The van der Waals surface area contributed by atoms with E-state index in [1.165, 1.54) is 23.9 Å². The lowest BCUT2D eigenvalue weighted by Gasteiger charge is -2.02. The zero-order chi connectivity index (χ0) is 14.5. The Morgan fingerprint density at radius 2 is 2.15 bits per heavy atom. The lowest BCUT2D eigenvalue weighted by atomic mass is 10.3. The van der Waals surface area contributed by atoms with Crippen molar-refractivity contribution in [3.05, 3.63) is 46.1 Å². The van der Waals surface area contributed by atoms with Gasteiger partial charge in [-0.25, -0.2) is 0 Å². The van der Waals surface area contributed by atoms with E-state index in [4.69, 9.17) is 0 Å². The number of benzene rings is 1. The molecule has 2 aromatic rings. The van der Waals surface area contributed by atoms with Gasteiger partial charge in [-0.1, -0.05) is 0 Å². The van der Waals surface area contributed by atoms with Crippen molar-refractivity contribution in [1.82, 2.24) is 10.2 Å². The SMILES string of the molecule is Cc1cc(NC(=O)CSc2ccc([N+](=O)[O-])cc2)n[nH]1. The Labute approximate surface area is 118 Å². The van der Waals surface area contributed by atoms with Crippen molar-refractivity contribution in [2.24, 2.45) is 0 Å². The van der Waals surface area contributed by atoms with Gasteiger partial charge in [0.1, 0.15) is 0 Å². The van der Waals surface area contributed by atoms with Crippen LogP contribution in [0.3, 0.4) is 0 Å². The second-order valence-corrected chi connectivity index (χ2v) is 5.07. The van der Waals surface area contributed by atoms with E-state index >= 15 is 0 Å². The van der Waals surface area contributed by atoms with E-state index in [1.54, 1.807) is 18.2 Å². The van der Waals surface area contributed by atoms with Crippen LogP contribution in [0.5, 0.6) is 0 Å². The number of aromatic amines is 1. The highest BCUT2D eigenvalue weighted by molar-refractivity contribution is 8.00. The standard InChI is InChI=1S/C12H12N4O3S/c1-8-6-11(15-14-8)13-12(17)7-20-10-4-2-9(3-5-10)16(18)19/h2-6H,7H2,1H3,(H2,13,14,15,17). The van der Waals surface area contributed by atoms with E-state index < -0.39 is 4.92 Å². The molecule has 104 valence electrons. The summed E-state index contributed by atoms with van der Waals surface area (Å²) in [6.07, 6.45) is 0. The number of amides is 1. The second kappa shape index (κ2) is 6.20. The molecule has 20 heavy (non-hydrogen) atoms. The summed E-state index contributed by atoms with van der Waals surface area (Å²) in [5.74, 6) is 0.514. The van der Waals surface area contributed by atoms with Crippen molar-refractivity contribution < 1.29 is 9.72 Å². The minimum atomic E-state index is -0.457. The van der Waals surface area contributed by atoms with Crippen LogP contribution in [0.4, 0.5) is 11.5 Å². The van der Waals surface area contributed by atoms with Gasteiger partial charge in [-0.15, -0.1) is 11.8 Å². The number of carbonyl (C=O) groups is 1. The van der Waals surface area contributed by atoms with E-state index in [2.05, 4.69) is 15.5 Å². The van der Waals surface area contributed by atoms with Gasteiger partial charge in [-0.05, 0) is 19.1 Å². The fourth-order valence-electron chi connectivity index (χ4n) is 1.47. The average Bonchev–Trinajstić information content (AvgIpc) is 2.82. The molecule has 0 aliphatic carbocycles. The third-order valence-electron chi connectivity index (χ3n) is 2.39. The molecule has 2 rings (SSSR count). The molecular weight excluding hydrogens is 280 g/mol. The number of hydrogen-bond donors (Lipinski definition) is 2. The quantitative estimate of drug-likeness (QED) is 0.500. The number of nitro groups is 1. The first-order valence-electron chi connectivity index (χ1n) is 5.74. The minimum Gasteiger partial charge on any atom is -0.308 e. The molecule has 1 amide bonds. The average molecular weight is 292 g/mol. The summed E-state index contributed by atoms with van der Waals surface area (Å²) in [7, 11) is 0. The number of aryl methyl sites for hydroxylation is 1. The molecule has 1 aromatic heterocycles. The van der Waals surface area contributed by atoms with Crippen molar-refractivity contribution in [2.45, 2.75) is 11.8 Å². The third-order valence-corrected chi connectivity index (χ3v) is 3.40. The summed E-state index contributed by atoms with van der Waals surface area (Å²) in [6, 6.07) is 7.80. The Kier molecular flexibility index (Phi) is 4.36. The first-order valence-corrected chi connectivity index (χ1v) is 6.72. The number of hydrogen-bond acceptors (Lipinski definition) is 5. The van der Waals surface area contributed by atoms with Crippen LogP contribution < -0.4 is 5.32 Å². The van der Waals surface area contributed by atoms with Gasteiger partial charge in [0.05, 0.1) is 10.7 Å². The molecule has 0 radical (unpaired) electrons. The predicted molar refractivity (Wildman–Crippen MR) is 75.8 cm³/mol. The van der Waals surface area contributed by atoms with E-state index in [9.17, 15) is 14.9 Å². The summed E-state index contributed by atoms with van der Waals surface area (Å²) in [4.78, 5) is 22.5. The molecule has 0 saturated heterocycles. The second-order valence-electron chi connectivity index (χ2n) is 4.02. The van der Waals surface area contributed by atoms with Gasteiger partial charge < -0.3 is 5.32 Å². The van der Waals surface area contributed by atoms with Crippen molar-refractivity contribution >= 4 is 29.2 Å². The summed E-state index contributed by atoms with van der Waals surface area (Å²) >= 11 is 1.30. The molecule has 0 unspecified atom stereocenters. The number of anilines is 1. The molecule has 1 aromatic carbocycles. The van der Waals surface area contributed by atoms with E-state index in [0.717, 1.165) is 10.6 Å². The Balaban J connectivity index is 1.85. The molecule has 1 heterocycles. The maximum atomic E-state index is 11.7. The number of H-pyrrole nitrogens is 1. The zero-order valence-corrected chi connectivity index (χ0v) is 11.4. The number of nitro benzene ring substituents is 1. The molecule has 0 fully saturated rings. The molecule has 0 saturated carbocycles. The molecule has 8 heteroatoms. The predicted octanol–water partition coefficient (Wildman–Crippen LogP) is 2.36. The third kappa shape index (κ3) is 3.82. The molecule has 7 nitrogen and oxygen atoms in total. The largest absolute Gasteiger partial charge is 0.308 e. The highest BCUT2D eigenvalue weighted by Gasteiger charge is 2.07. The van der Waals surface area contributed by atoms with Crippen LogP contribution in [0, 0.1) is 17.0 Å². The Morgan fingerprint density at radius 3 is 2.70 bits per heavy atom. The number of carbonyl (C=O) groups excluding carboxylic acids is 1. The fraction of sp³-hybridized carbons (Fsp3) is 0.167. The number of nitrogens with one attached hydrogen (secondary N) is 2. The van der Waals surface area contributed by atoms with Crippen molar-refractivity contribution in [2.75, 3.05) is 11.1 Å². The number of thioether (sulfide) groups is 1. The number of aromatic nitrogens is 2. The van der Waals surface area contributed by atoms with Gasteiger partial charge >= 0.3 is 0 Å². The highest BCUT2D eigenvalue weighted by atomic mass is 32.2. The molecule has 0 aliphatic heterocycles. The van der Waals surface area contributed by atoms with Crippen molar-refractivity contribution in [1.29, 1.82) is 0 Å². The summed E-state index contributed by atoms with van der Waals surface area (Å²) in [5.41, 5.74) is 0.897. The topological polar surface area (TPSA) is 101 Å². The maximum absolute atomic E-state index is 11.7. The summed E-state index contributed by atoms with van der Waals surface area (Å²) in [6.45, 7) is 1.84. The van der Waals surface area contributed by atoms with Gasteiger partial charge in [-0.2, -0.15) is 5.10 Å². The van der Waals surface area contributed by atoms with Crippen LogP contribution in [-0.2, 0) is 4.79 Å². The zero-order valence-electron chi connectivity index (χ0n) is 10.6. The fourth-order valence-corrected chi connectivity index (χ4v) is 2.17. The van der Waals surface area contributed by atoms with E-state index in [1.807, 2.05) is 6.92 Å². The number of non-ortho nitro benzene ring substituents is 1. The summed E-state index contributed by atoms with van der Waals surface area (Å²) < 4.78 is 0. The molecule has 0 aliphatic rings. The molecular formula is C12H12N4O3S. The Morgan fingerprint density at radius 1 is 1.45 bits per heavy atom. The number of rotatable bonds is 5. The Hall–Kier alpha value is -2.35. The smallest absolute Gasteiger partial charge is 0.269 e. The number of nitrogens with zero attached hydrogens (tertiary/aromatic N) is 2. The lowest BCUT2D eigenvalue weighted by Crippen LogP contribution is -2.14. The van der Waals surface area contributed by atoms with Crippen LogP contribution >= 0.6 is 11.8 Å². The van der Waals surface area contributed by atoms with Gasteiger partial charge in [0.25, 0.3) is 5.69 Å². The van der Waals surface area contributed by atoms with Gasteiger partial charge in [0.2, 0.25) is 5.91 Å². The van der Waals surface area contributed by atoms with Crippen molar-refractivity contribution in [3.63, 3.8) is 0 Å². The van der Waals surface area contributed by atoms with E-state index in [-0.39, 0.29) is 17.3 Å². The first-order chi connectivity index (χ1) is 9.54. The maximum Gasteiger partial charge on any atom is 0.269 e. The summed E-state index contributed by atoms with van der Waals surface area (Å²) in [5, 5.41) is 19.8. The van der Waals surface area contributed by atoms with Gasteiger partial charge in [-0.3, -0.25) is 20.0 Å². The van der Waals surface area contributed by atoms with Crippen LogP contribution in [0.25, 0.3) is 0 Å². The normalized spacial score (nSPS) is 10.2. The molecule has 0 spiro atoms. The Bertz CT molecular complexity index is 624. The van der Waals surface area contributed by atoms with Crippen molar-refractivity contribution in [3.8, 4) is 0 Å². The van der Waals surface area contributed by atoms with Gasteiger partial charge in [0, 0.05) is 28.8 Å². The van der Waals surface area contributed by atoms with Crippen LogP contribution in [-0.4, -0.2) is 26.8 Å². The highest BCUT2D eigenvalue weighted by Crippen LogP contribution is 2.21. The molecule has 0 atom stereocenters. The minimum absolute atomic E-state index is 0.0331. The van der Waals surface area contributed by atoms with E-state index in [0.29, 0.717) is 5.82 Å². The lowest BCUT2D eigenvalue weighted by molar-refractivity contribution is -0.384. The molecule has 2 N–H and O–H groups in total. The van der Waals surface area contributed by atoms with Gasteiger partial charge in [0.15, 0.2) is 5.82 Å². The monoisotopic (exact) mass is 292 g/mol. The first kappa shape index (κ1) is 14.1.